The summed E-state index contributed by atoms with van der Waals surface area (Å²) >= 11 is 6.23. The van der Waals surface area contributed by atoms with E-state index in [1.54, 1.807) is 15.5 Å². The number of nitrogens with one attached hydrogen (secondary N) is 1. The molecule has 2 aliphatic rings. The first-order chi connectivity index (χ1) is 20.1. The van der Waals surface area contributed by atoms with Gasteiger partial charge in [0.1, 0.15) is 5.82 Å². The van der Waals surface area contributed by atoms with Crippen molar-refractivity contribution < 1.29 is 13.2 Å². The highest BCUT2D eigenvalue weighted by molar-refractivity contribution is 7.92. The van der Waals surface area contributed by atoms with Gasteiger partial charge in [-0.15, -0.1) is 0 Å². The Kier molecular flexibility index (Phi) is 7.59. The number of benzene rings is 2. The maximum absolute atomic E-state index is 13.9. The molecule has 0 radical (unpaired) electrons. The maximum atomic E-state index is 13.9. The summed E-state index contributed by atoms with van der Waals surface area (Å²) in [7, 11) is -3.60. The zero-order valence-electron chi connectivity index (χ0n) is 23.6. The number of nitrogens with zero attached hydrogens (tertiary/aromatic N) is 5. The van der Waals surface area contributed by atoms with Gasteiger partial charge in [-0.05, 0) is 49.9 Å². The molecule has 4 heterocycles. The molecule has 2 saturated heterocycles. The third-order valence-electron chi connectivity index (χ3n) is 8.13. The van der Waals surface area contributed by atoms with Crippen LogP contribution in [0.5, 0.6) is 0 Å². The van der Waals surface area contributed by atoms with Crippen LogP contribution in [0, 0.1) is 6.92 Å². The fourth-order valence-corrected chi connectivity index (χ4v) is 6.93. The first kappa shape index (κ1) is 28.4. The van der Waals surface area contributed by atoms with Crippen LogP contribution in [0.2, 0.25) is 5.02 Å². The minimum Gasteiger partial charge on any atom is -0.354 e. The van der Waals surface area contributed by atoms with E-state index in [1.165, 1.54) is 17.7 Å². The molecule has 2 aromatic heterocycles. The summed E-state index contributed by atoms with van der Waals surface area (Å²) in [5, 5.41) is 5.20. The Labute approximate surface area is 250 Å². The largest absolute Gasteiger partial charge is 0.354 e. The zero-order chi connectivity index (χ0) is 29.6. The fraction of sp³-hybridized carbons (Fsp3) is 0.367. The molecule has 4 aromatic rings. The van der Waals surface area contributed by atoms with Gasteiger partial charge in [-0.1, -0.05) is 41.9 Å². The van der Waals surface area contributed by atoms with Crippen LogP contribution < -0.4 is 15.4 Å². The molecule has 0 spiro atoms. The van der Waals surface area contributed by atoms with Crippen LogP contribution in [-0.2, 0) is 10.0 Å². The number of piperidine rings is 1. The number of carbonyl (C=O) groups is 1. The molecule has 1 amide bonds. The van der Waals surface area contributed by atoms with E-state index in [9.17, 15) is 13.2 Å². The van der Waals surface area contributed by atoms with Crippen LogP contribution in [-0.4, -0.2) is 65.8 Å². The normalized spacial score (nSPS) is 21.2. The van der Waals surface area contributed by atoms with Gasteiger partial charge in [0.05, 0.1) is 29.2 Å². The molecule has 0 aliphatic carbocycles. The lowest BCUT2D eigenvalue weighted by molar-refractivity contribution is 0.0607. The van der Waals surface area contributed by atoms with Gasteiger partial charge in [-0.2, -0.15) is 5.10 Å². The Hall–Kier alpha value is -3.67. The number of nitrogens with two attached hydrogens (primary N) is 1. The summed E-state index contributed by atoms with van der Waals surface area (Å²) in [6, 6.07) is 16.6. The molecule has 2 aromatic carbocycles. The average molecular weight is 608 g/mol. The smallest absolute Gasteiger partial charge is 0.256 e. The van der Waals surface area contributed by atoms with Crippen molar-refractivity contribution in [2.45, 2.75) is 44.2 Å². The number of halogens is 1. The number of amides is 1. The molecule has 10 nitrogen and oxygen atoms in total. The summed E-state index contributed by atoms with van der Waals surface area (Å²) in [5.41, 5.74) is 10.6. The fourth-order valence-electron chi connectivity index (χ4n) is 6.18. The Morgan fingerprint density at radius 1 is 1.10 bits per heavy atom. The molecule has 0 unspecified atom stereocenters. The Morgan fingerprint density at radius 2 is 1.88 bits per heavy atom. The van der Waals surface area contributed by atoms with Crippen molar-refractivity contribution in [2.75, 3.05) is 35.5 Å². The highest BCUT2D eigenvalue weighted by Gasteiger charge is 2.34. The van der Waals surface area contributed by atoms with Gasteiger partial charge >= 0.3 is 0 Å². The van der Waals surface area contributed by atoms with Crippen molar-refractivity contribution in [3.63, 3.8) is 0 Å². The van der Waals surface area contributed by atoms with E-state index in [4.69, 9.17) is 27.4 Å². The van der Waals surface area contributed by atoms with Gasteiger partial charge in [0, 0.05) is 54.4 Å². The number of aromatic nitrogens is 3. The van der Waals surface area contributed by atoms with E-state index in [0.29, 0.717) is 23.8 Å². The first-order valence-electron chi connectivity index (χ1n) is 14.1. The second kappa shape index (κ2) is 11.2. The average Bonchev–Trinajstić information content (AvgIpc) is 3.55. The number of rotatable bonds is 6. The molecule has 6 rings (SSSR count). The van der Waals surface area contributed by atoms with E-state index < -0.39 is 10.0 Å². The third kappa shape index (κ3) is 5.68. The molecule has 3 atom stereocenters. The lowest BCUT2D eigenvalue weighted by atomic mass is 9.95. The second-order valence-corrected chi connectivity index (χ2v) is 13.5. The van der Waals surface area contributed by atoms with E-state index in [2.05, 4.69) is 21.8 Å². The molecule has 42 heavy (non-hydrogen) atoms. The van der Waals surface area contributed by atoms with Gasteiger partial charge in [-0.3, -0.25) is 9.52 Å². The van der Waals surface area contributed by atoms with Gasteiger partial charge in [0.2, 0.25) is 10.0 Å². The highest BCUT2D eigenvalue weighted by Crippen LogP contribution is 2.35. The lowest BCUT2D eigenvalue weighted by Gasteiger charge is -2.35. The number of likely N-dealkylation sites (tertiary alicyclic amines) is 1. The molecule has 2 aliphatic heterocycles. The van der Waals surface area contributed by atoms with Crippen LogP contribution in [0.4, 0.5) is 11.5 Å². The summed E-state index contributed by atoms with van der Waals surface area (Å²) in [5.74, 6) is 0.808. The van der Waals surface area contributed by atoms with E-state index in [0.717, 1.165) is 49.1 Å². The first-order valence-corrected chi connectivity index (χ1v) is 16.3. The van der Waals surface area contributed by atoms with Crippen molar-refractivity contribution in [2.24, 2.45) is 5.73 Å². The Morgan fingerprint density at radius 3 is 2.64 bits per heavy atom. The Bertz CT molecular complexity index is 1740. The Balaban J connectivity index is 1.30. The monoisotopic (exact) mass is 607 g/mol. The van der Waals surface area contributed by atoms with Crippen molar-refractivity contribution in [1.29, 1.82) is 0 Å². The SMILES string of the molecule is Cc1cn2nc([C@@H]3CCCCN3C(=O)c3cc(Cl)ccc3NS(C)(=O)=O)cc2nc1N1C[C@@H](N)[C@H](c2ccccc2)C1. The lowest BCUT2D eigenvalue weighted by Crippen LogP contribution is -2.39. The minimum absolute atomic E-state index is 0.000624. The summed E-state index contributed by atoms with van der Waals surface area (Å²) in [6.45, 7) is 4.03. The van der Waals surface area contributed by atoms with Crippen molar-refractivity contribution in [1.82, 2.24) is 19.5 Å². The number of hydrogen-bond acceptors (Lipinski definition) is 7. The quantitative estimate of drug-likeness (QED) is 0.333. The molecule has 0 saturated carbocycles. The van der Waals surface area contributed by atoms with Crippen molar-refractivity contribution in [3.05, 3.63) is 88.2 Å². The number of aryl methyl sites for hydroxylation is 1. The maximum Gasteiger partial charge on any atom is 0.256 e. The van der Waals surface area contributed by atoms with Gasteiger partial charge in [-0.25, -0.2) is 17.9 Å². The molecule has 2 fully saturated rings. The molecule has 3 N–H and O–H groups in total. The number of anilines is 2. The topological polar surface area (TPSA) is 126 Å². The predicted molar refractivity (Wildman–Crippen MR) is 165 cm³/mol. The molecule has 12 heteroatoms. The molecular formula is C30H34ClN7O3S. The third-order valence-corrected chi connectivity index (χ3v) is 8.95. The van der Waals surface area contributed by atoms with Crippen molar-refractivity contribution in [3.8, 4) is 0 Å². The number of fused-ring (bicyclic) bond motifs is 1. The van der Waals surface area contributed by atoms with Gasteiger partial charge in [0.15, 0.2) is 5.65 Å². The molecule has 220 valence electrons. The van der Waals surface area contributed by atoms with E-state index in [1.807, 2.05) is 37.4 Å². The summed E-state index contributed by atoms with van der Waals surface area (Å²) in [4.78, 5) is 22.9. The summed E-state index contributed by atoms with van der Waals surface area (Å²) in [6.07, 6.45) is 5.54. The second-order valence-electron chi connectivity index (χ2n) is 11.3. The summed E-state index contributed by atoms with van der Waals surface area (Å²) < 4.78 is 28.2. The number of sulfonamides is 1. The highest BCUT2D eigenvalue weighted by atomic mass is 35.5. The number of hydrogen-bond donors (Lipinski definition) is 2. The van der Waals surface area contributed by atoms with Crippen LogP contribution in [0.25, 0.3) is 5.65 Å². The number of carbonyl (C=O) groups excluding carboxylic acids is 1. The van der Waals surface area contributed by atoms with Gasteiger partial charge in [0.25, 0.3) is 5.91 Å². The van der Waals surface area contributed by atoms with Crippen LogP contribution in [0.1, 0.15) is 58.4 Å². The molecular weight excluding hydrogens is 574 g/mol. The van der Waals surface area contributed by atoms with E-state index >= 15 is 0 Å². The minimum atomic E-state index is -3.60. The van der Waals surface area contributed by atoms with E-state index in [-0.39, 0.29) is 35.2 Å². The molecule has 0 bridgehead atoms. The van der Waals surface area contributed by atoms with Crippen LogP contribution >= 0.6 is 11.6 Å². The van der Waals surface area contributed by atoms with Gasteiger partial charge < -0.3 is 15.5 Å². The predicted octanol–water partition coefficient (Wildman–Crippen LogP) is 4.36. The van der Waals surface area contributed by atoms with Crippen LogP contribution in [0.15, 0.2) is 60.8 Å². The van der Waals surface area contributed by atoms with Crippen molar-refractivity contribution >= 4 is 44.7 Å². The zero-order valence-corrected chi connectivity index (χ0v) is 25.1. The van der Waals surface area contributed by atoms with Crippen LogP contribution in [0.3, 0.4) is 0 Å². The standard InChI is InChI=1S/C30H34ClN7O3S/c1-19-16-38-28(33-29(19)36-17-23(24(32)18-36)20-8-4-3-5-9-20)15-26(34-38)27-10-6-7-13-37(27)30(39)22-14-21(31)11-12-25(22)35-42(2,40)41/h3-5,8-9,11-12,14-16,23-24,27,35H,6-7,10,13,17-18,32H2,1-2H3/t23-,24+,27-/m0/s1.